The van der Waals surface area contributed by atoms with E-state index in [0.29, 0.717) is 5.54 Å². The zero-order chi connectivity index (χ0) is 32.9. The highest BCUT2D eigenvalue weighted by Crippen LogP contribution is 2.25. The second-order valence-corrected chi connectivity index (χ2v) is 15.9. The van der Waals surface area contributed by atoms with Crippen LogP contribution in [-0.4, -0.2) is 23.5 Å². The Bertz CT molecular complexity index is 495. The molecule has 0 rings (SSSR count). The third kappa shape index (κ3) is 33.6. The van der Waals surface area contributed by atoms with Gasteiger partial charge in [0.2, 0.25) is 0 Å². The third-order valence-corrected chi connectivity index (χ3v) is 10.8. The van der Waals surface area contributed by atoms with E-state index in [2.05, 4.69) is 39.5 Å². The summed E-state index contributed by atoms with van der Waals surface area (Å²) in [6, 6.07) is 0. The molecule has 0 fully saturated rings. The molecule has 0 amide bonds. The Hall–Kier alpha value is -0.0400. The summed E-state index contributed by atoms with van der Waals surface area (Å²) in [5, 5.41) is 0. The SMILES string of the molecule is CCCCCCCCCCCCCCCN(CCCCCCCCCCCCCCC)C(C)(C)CCCCCCCCCCC. The first-order valence-corrected chi connectivity index (χ1v) is 21.8. The minimum atomic E-state index is 0.370. The highest BCUT2D eigenvalue weighted by Gasteiger charge is 2.25. The van der Waals surface area contributed by atoms with Crippen molar-refractivity contribution in [1.82, 2.24) is 4.90 Å². The first-order valence-electron chi connectivity index (χ1n) is 21.8. The topological polar surface area (TPSA) is 3.24 Å². The Morgan fingerprint density at radius 3 is 0.711 bits per heavy atom. The quantitative estimate of drug-likeness (QED) is 0.0609. The van der Waals surface area contributed by atoms with Crippen molar-refractivity contribution in [3.05, 3.63) is 0 Å². The Balaban J connectivity index is 4.19. The molecule has 0 aromatic rings. The second-order valence-electron chi connectivity index (χ2n) is 15.9. The van der Waals surface area contributed by atoms with Crippen molar-refractivity contribution < 1.29 is 0 Å². The average molecular weight is 634 g/mol. The Morgan fingerprint density at radius 1 is 0.267 bits per heavy atom. The number of hydrogen-bond donors (Lipinski definition) is 0. The predicted octanol–water partition coefficient (Wildman–Crippen LogP) is 16.2. The lowest BCUT2D eigenvalue weighted by Gasteiger charge is -2.39. The molecule has 0 saturated heterocycles. The van der Waals surface area contributed by atoms with Gasteiger partial charge in [-0.25, -0.2) is 0 Å². The monoisotopic (exact) mass is 634 g/mol. The minimum absolute atomic E-state index is 0.370. The summed E-state index contributed by atoms with van der Waals surface area (Å²) in [4.78, 5) is 2.93. The summed E-state index contributed by atoms with van der Waals surface area (Å²) >= 11 is 0. The van der Waals surface area contributed by atoms with E-state index >= 15 is 0 Å². The molecule has 45 heavy (non-hydrogen) atoms. The first-order chi connectivity index (χ1) is 22.1. The second kappa shape index (κ2) is 36.8. The summed E-state index contributed by atoms with van der Waals surface area (Å²) in [5.74, 6) is 0. The van der Waals surface area contributed by atoms with Crippen molar-refractivity contribution in [2.45, 2.75) is 271 Å². The van der Waals surface area contributed by atoms with Gasteiger partial charge in [0.25, 0.3) is 0 Å². The van der Waals surface area contributed by atoms with Gasteiger partial charge in [-0.05, 0) is 46.2 Å². The molecule has 272 valence electrons. The zero-order valence-electron chi connectivity index (χ0n) is 32.8. The summed E-state index contributed by atoms with van der Waals surface area (Å²) in [6.07, 6.45) is 52.2. The van der Waals surface area contributed by atoms with E-state index in [9.17, 15) is 0 Å². The van der Waals surface area contributed by atoms with E-state index in [1.165, 1.54) is 244 Å². The van der Waals surface area contributed by atoms with Crippen LogP contribution in [0.1, 0.15) is 266 Å². The minimum Gasteiger partial charge on any atom is -0.298 e. The molecule has 0 aromatic carbocycles. The lowest BCUT2D eigenvalue weighted by Crippen LogP contribution is -2.45. The lowest BCUT2D eigenvalue weighted by atomic mass is 9.92. The lowest BCUT2D eigenvalue weighted by molar-refractivity contribution is 0.102. The van der Waals surface area contributed by atoms with Crippen LogP contribution < -0.4 is 0 Å². The highest BCUT2D eigenvalue weighted by molar-refractivity contribution is 4.81. The number of rotatable bonds is 39. The smallest absolute Gasteiger partial charge is 0.0153 e. The van der Waals surface area contributed by atoms with Crippen molar-refractivity contribution in [3.8, 4) is 0 Å². The van der Waals surface area contributed by atoms with Gasteiger partial charge in [0.05, 0.1) is 0 Å². The van der Waals surface area contributed by atoms with E-state index in [0.717, 1.165) is 0 Å². The van der Waals surface area contributed by atoms with Crippen LogP contribution >= 0.6 is 0 Å². The molecule has 1 nitrogen and oxygen atoms in total. The highest BCUT2D eigenvalue weighted by atomic mass is 15.2. The fraction of sp³-hybridized carbons (Fsp3) is 1.00. The van der Waals surface area contributed by atoms with E-state index in [4.69, 9.17) is 0 Å². The summed E-state index contributed by atoms with van der Waals surface area (Å²) in [7, 11) is 0. The summed E-state index contributed by atoms with van der Waals surface area (Å²) in [6.45, 7) is 14.8. The average Bonchev–Trinajstić information content (AvgIpc) is 3.03. The van der Waals surface area contributed by atoms with Crippen LogP contribution in [0.4, 0.5) is 0 Å². The van der Waals surface area contributed by atoms with Crippen LogP contribution in [0.2, 0.25) is 0 Å². The molecule has 0 atom stereocenters. The standard InChI is InChI=1S/C44H91N/c1-6-9-12-15-18-21-23-25-27-30-33-36-39-42-45(44(4,5)41-38-35-32-29-20-17-14-11-8-3)43-40-37-34-31-28-26-24-22-19-16-13-10-7-2/h6-43H2,1-5H3. The van der Waals surface area contributed by atoms with Gasteiger partial charge >= 0.3 is 0 Å². The molecule has 0 aliphatic heterocycles. The molecule has 0 bridgehead atoms. The predicted molar refractivity (Wildman–Crippen MR) is 209 cm³/mol. The largest absolute Gasteiger partial charge is 0.298 e. The first kappa shape index (κ1) is 45.0. The number of hydrogen-bond acceptors (Lipinski definition) is 1. The molecule has 0 heterocycles. The maximum Gasteiger partial charge on any atom is 0.0153 e. The molecule has 1 heteroatoms. The van der Waals surface area contributed by atoms with E-state index in [-0.39, 0.29) is 0 Å². The Labute approximate surface area is 288 Å². The Morgan fingerprint density at radius 2 is 0.467 bits per heavy atom. The van der Waals surface area contributed by atoms with Gasteiger partial charge in [-0.3, -0.25) is 4.90 Å². The summed E-state index contributed by atoms with van der Waals surface area (Å²) in [5.41, 5.74) is 0.370. The molecule has 0 aliphatic rings. The molecule has 0 unspecified atom stereocenters. The normalized spacial score (nSPS) is 12.1. The Kier molecular flexibility index (Phi) is 36.8. The van der Waals surface area contributed by atoms with Gasteiger partial charge in [0, 0.05) is 5.54 Å². The van der Waals surface area contributed by atoms with Crippen LogP contribution in [0, 0.1) is 0 Å². The van der Waals surface area contributed by atoms with Gasteiger partial charge in [-0.15, -0.1) is 0 Å². The van der Waals surface area contributed by atoms with Gasteiger partial charge in [0.1, 0.15) is 0 Å². The number of unbranched alkanes of at least 4 members (excludes halogenated alkanes) is 32. The fourth-order valence-corrected chi connectivity index (χ4v) is 7.38. The molecule has 0 radical (unpaired) electrons. The molecule has 0 saturated carbocycles. The zero-order valence-corrected chi connectivity index (χ0v) is 32.8. The molecule has 0 aliphatic carbocycles. The molecule has 0 aromatic heterocycles. The maximum absolute atomic E-state index is 2.93. The van der Waals surface area contributed by atoms with Crippen molar-refractivity contribution >= 4 is 0 Å². The maximum atomic E-state index is 2.93. The van der Waals surface area contributed by atoms with Gasteiger partial charge in [-0.1, -0.05) is 233 Å². The molecule has 0 N–H and O–H groups in total. The van der Waals surface area contributed by atoms with Crippen molar-refractivity contribution in [2.24, 2.45) is 0 Å². The molecular formula is C44H91N. The van der Waals surface area contributed by atoms with E-state index in [1.54, 1.807) is 0 Å². The van der Waals surface area contributed by atoms with Crippen molar-refractivity contribution in [3.63, 3.8) is 0 Å². The van der Waals surface area contributed by atoms with Crippen molar-refractivity contribution in [2.75, 3.05) is 13.1 Å². The van der Waals surface area contributed by atoms with Crippen molar-refractivity contribution in [1.29, 1.82) is 0 Å². The van der Waals surface area contributed by atoms with Crippen LogP contribution in [0.15, 0.2) is 0 Å². The van der Waals surface area contributed by atoms with Crippen LogP contribution in [0.25, 0.3) is 0 Å². The molecular weight excluding hydrogens is 542 g/mol. The number of nitrogens with zero attached hydrogens (tertiary/aromatic N) is 1. The van der Waals surface area contributed by atoms with Crippen LogP contribution in [-0.2, 0) is 0 Å². The van der Waals surface area contributed by atoms with Crippen LogP contribution in [0.5, 0.6) is 0 Å². The van der Waals surface area contributed by atoms with Gasteiger partial charge < -0.3 is 0 Å². The third-order valence-electron chi connectivity index (χ3n) is 10.8. The van der Waals surface area contributed by atoms with E-state index in [1.807, 2.05) is 0 Å². The summed E-state index contributed by atoms with van der Waals surface area (Å²) < 4.78 is 0. The fourth-order valence-electron chi connectivity index (χ4n) is 7.38. The van der Waals surface area contributed by atoms with E-state index < -0.39 is 0 Å². The van der Waals surface area contributed by atoms with Gasteiger partial charge in [0.15, 0.2) is 0 Å². The molecule has 0 spiro atoms. The van der Waals surface area contributed by atoms with Crippen LogP contribution in [0.3, 0.4) is 0 Å². The van der Waals surface area contributed by atoms with Gasteiger partial charge in [-0.2, -0.15) is 0 Å².